The van der Waals surface area contributed by atoms with Crippen LogP contribution in [0.15, 0.2) is 64.8 Å². The van der Waals surface area contributed by atoms with E-state index >= 15 is 0 Å². The number of hydrogen-bond acceptors (Lipinski definition) is 7. The smallest absolute Gasteiger partial charge is 0.303 e. The minimum absolute atomic E-state index is 0.101. The molecule has 0 saturated carbocycles. The molecule has 2 aromatic rings. The number of benzene rings is 2. The lowest BCUT2D eigenvalue weighted by atomic mass is 9.73. The monoisotopic (exact) mass is 685 g/mol. The quantitative estimate of drug-likeness (QED) is 0.155. The van der Waals surface area contributed by atoms with E-state index in [1.807, 2.05) is 49.8 Å². The van der Waals surface area contributed by atoms with Crippen LogP contribution in [0, 0.1) is 5.41 Å². The highest BCUT2D eigenvalue weighted by Crippen LogP contribution is 2.49. The number of aliphatic carboxylic acids is 1. The van der Waals surface area contributed by atoms with Crippen LogP contribution in [-0.2, 0) is 25.0 Å². The zero-order chi connectivity index (χ0) is 34.5. The summed E-state index contributed by atoms with van der Waals surface area (Å²) in [6, 6.07) is 9.80. The van der Waals surface area contributed by atoms with Crippen molar-refractivity contribution < 1.29 is 45.2 Å². The number of carboxylic acid groups (broad SMARTS) is 1. The van der Waals surface area contributed by atoms with Crippen molar-refractivity contribution in [2.45, 2.75) is 70.2 Å². The van der Waals surface area contributed by atoms with Gasteiger partial charge in [-0.1, -0.05) is 26.3 Å². The van der Waals surface area contributed by atoms with Gasteiger partial charge in [0.05, 0.1) is 10.4 Å². The number of anilines is 1. The fourth-order valence-electron chi connectivity index (χ4n) is 6.62. The first-order valence-corrected chi connectivity index (χ1v) is 18.4. The Balaban J connectivity index is 1.56. The zero-order valence-corrected chi connectivity index (χ0v) is 28.8. The molecule has 0 radical (unpaired) electrons. The molecule has 2 heterocycles. The Labute approximate surface area is 276 Å². The summed E-state index contributed by atoms with van der Waals surface area (Å²) in [5.41, 5.74) is 4.39. The summed E-state index contributed by atoms with van der Waals surface area (Å²) in [5.74, 6) is -0.104. The number of rotatable bonds is 10. The van der Waals surface area contributed by atoms with E-state index in [9.17, 15) is 30.7 Å². The highest BCUT2D eigenvalue weighted by molar-refractivity contribution is 7.86. The molecule has 3 N–H and O–H groups in total. The van der Waals surface area contributed by atoms with Crippen LogP contribution in [0.25, 0.3) is 11.6 Å². The summed E-state index contributed by atoms with van der Waals surface area (Å²) in [6.45, 7) is 8.75. The average molecular weight is 686 g/mol. The van der Waals surface area contributed by atoms with Crippen molar-refractivity contribution in [1.29, 1.82) is 0 Å². The van der Waals surface area contributed by atoms with Crippen molar-refractivity contribution in [2.24, 2.45) is 5.41 Å². The van der Waals surface area contributed by atoms with Gasteiger partial charge in [0, 0.05) is 71.5 Å². The number of carboxylic acids is 1. The Bertz CT molecular complexity index is 1970. The molecule has 2 aromatic carbocycles. The molecule has 0 fully saturated rings. The molecule has 252 valence electrons. The van der Waals surface area contributed by atoms with Gasteiger partial charge in [0.1, 0.15) is 24.3 Å². The SMILES string of the molecule is C[N+](=C1C=C2Oc3cc4c(cc3C=C2C(C)(C)C1)C(CS(=O)(=O)O)=CC(C)(C)N4CCCCCC(=O)O)c1ccc(S(=O)(=O)O)cc1. The third kappa shape index (κ3) is 7.53. The van der Waals surface area contributed by atoms with Crippen LogP contribution in [0.3, 0.4) is 0 Å². The molecule has 0 spiro atoms. The number of hydrogen-bond donors (Lipinski definition) is 3. The van der Waals surface area contributed by atoms with Crippen molar-refractivity contribution in [1.82, 2.24) is 0 Å². The fourth-order valence-corrected chi connectivity index (χ4v) is 7.73. The molecular formula is C34H41N2O9S2+. The van der Waals surface area contributed by atoms with Gasteiger partial charge in [0.25, 0.3) is 20.2 Å². The van der Waals surface area contributed by atoms with Gasteiger partial charge >= 0.3 is 5.97 Å². The zero-order valence-electron chi connectivity index (χ0n) is 27.1. The molecule has 1 aliphatic carbocycles. The van der Waals surface area contributed by atoms with Crippen LogP contribution in [0.5, 0.6) is 5.75 Å². The van der Waals surface area contributed by atoms with Crippen molar-refractivity contribution in [3.8, 4) is 5.75 Å². The van der Waals surface area contributed by atoms with Crippen molar-refractivity contribution in [3.63, 3.8) is 0 Å². The first kappa shape index (κ1) is 34.6. The second-order valence-corrected chi connectivity index (χ2v) is 16.4. The van der Waals surface area contributed by atoms with Crippen LogP contribution < -0.4 is 9.64 Å². The van der Waals surface area contributed by atoms with E-state index in [2.05, 4.69) is 24.8 Å². The van der Waals surface area contributed by atoms with Gasteiger partial charge in [-0.3, -0.25) is 13.9 Å². The Kier molecular flexibility index (Phi) is 9.08. The van der Waals surface area contributed by atoms with Crippen molar-refractivity contribution in [2.75, 3.05) is 24.2 Å². The maximum Gasteiger partial charge on any atom is 0.303 e. The topological polar surface area (TPSA) is 162 Å². The van der Waals surface area contributed by atoms with Crippen molar-refractivity contribution >= 4 is 54.9 Å². The first-order chi connectivity index (χ1) is 21.7. The van der Waals surface area contributed by atoms with E-state index in [4.69, 9.17) is 9.84 Å². The minimum Gasteiger partial charge on any atom is -0.481 e. The Hall–Kier alpha value is -3.78. The van der Waals surface area contributed by atoms with Gasteiger partial charge in [0.2, 0.25) is 5.69 Å². The number of carbonyl (C=O) groups is 1. The van der Waals surface area contributed by atoms with Gasteiger partial charge in [-0.05, 0) is 56.5 Å². The van der Waals surface area contributed by atoms with Crippen LogP contribution in [0.1, 0.15) is 70.9 Å². The number of unbranched alkanes of at least 4 members (excludes halogenated alkanes) is 2. The largest absolute Gasteiger partial charge is 0.481 e. The van der Waals surface area contributed by atoms with Gasteiger partial charge in [-0.25, -0.2) is 0 Å². The van der Waals surface area contributed by atoms with Gasteiger partial charge in [-0.2, -0.15) is 21.4 Å². The Morgan fingerprint density at radius 3 is 2.28 bits per heavy atom. The van der Waals surface area contributed by atoms with Gasteiger partial charge < -0.3 is 14.7 Å². The number of fused-ring (bicyclic) bond motifs is 3. The summed E-state index contributed by atoms with van der Waals surface area (Å²) < 4.78 is 74.9. The molecular weight excluding hydrogens is 645 g/mol. The lowest BCUT2D eigenvalue weighted by Crippen LogP contribution is -2.46. The van der Waals surface area contributed by atoms with E-state index in [0.29, 0.717) is 42.0 Å². The van der Waals surface area contributed by atoms with E-state index in [0.717, 1.165) is 41.1 Å². The maximum atomic E-state index is 12.1. The third-order valence-electron chi connectivity index (χ3n) is 8.99. The van der Waals surface area contributed by atoms with Gasteiger partial charge in [-0.15, -0.1) is 0 Å². The highest BCUT2D eigenvalue weighted by Gasteiger charge is 2.40. The summed E-state index contributed by atoms with van der Waals surface area (Å²) in [5, 5.41) is 9.02. The standard InChI is InChI=1S/C34H40N2O9S2/c1-33(2)20-25(35(5)24-10-12-26(13-11-24)47(42,43)44)17-31-28(33)16-22-15-27-23(21-46(39,40)41)19-34(3,4)36(29(27)18-30(22)45-31)14-8-6-7-9-32(37)38/h10-13,15-19H,6-9,14,20-21H2,1-5H3,(H2-,37,38,39,40,41,42,43,44)/p+1. The molecule has 11 nitrogen and oxygen atoms in total. The molecule has 0 aromatic heterocycles. The average Bonchev–Trinajstić information content (AvgIpc) is 2.94. The summed E-state index contributed by atoms with van der Waals surface area (Å²) in [4.78, 5) is 13.0. The van der Waals surface area contributed by atoms with Crippen LogP contribution in [-0.4, -0.2) is 72.2 Å². The summed E-state index contributed by atoms with van der Waals surface area (Å²) in [7, 11) is -6.75. The van der Waals surface area contributed by atoms with E-state index < -0.39 is 37.5 Å². The fraction of sp³-hybridized carbons (Fsp3) is 0.412. The highest BCUT2D eigenvalue weighted by atomic mass is 32.2. The molecule has 0 unspecified atom stereocenters. The summed E-state index contributed by atoms with van der Waals surface area (Å²) in [6.07, 6.45) is 8.64. The van der Waals surface area contributed by atoms with Gasteiger partial charge in [0.15, 0.2) is 5.71 Å². The number of allylic oxidation sites excluding steroid dienone is 2. The molecule has 13 heteroatoms. The molecule has 5 rings (SSSR count). The predicted molar refractivity (Wildman–Crippen MR) is 181 cm³/mol. The van der Waals surface area contributed by atoms with Crippen LogP contribution >= 0.6 is 0 Å². The predicted octanol–water partition coefficient (Wildman–Crippen LogP) is 5.95. The van der Waals surface area contributed by atoms with E-state index in [1.165, 1.54) is 12.1 Å². The normalized spacial score (nSPS) is 19.3. The molecule has 2 aliphatic heterocycles. The lowest BCUT2D eigenvalue weighted by Gasteiger charge is -2.44. The molecule has 0 bridgehead atoms. The van der Waals surface area contributed by atoms with E-state index in [-0.39, 0.29) is 16.7 Å². The molecule has 0 saturated heterocycles. The van der Waals surface area contributed by atoms with Crippen LogP contribution in [0.2, 0.25) is 0 Å². The molecule has 0 atom stereocenters. The van der Waals surface area contributed by atoms with E-state index in [1.54, 1.807) is 12.1 Å². The molecule has 0 amide bonds. The maximum absolute atomic E-state index is 12.1. The second kappa shape index (κ2) is 12.3. The lowest BCUT2D eigenvalue weighted by molar-refractivity contribution is -0.406. The molecule has 3 aliphatic rings. The Morgan fingerprint density at radius 1 is 0.979 bits per heavy atom. The third-order valence-corrected chi connectivity index (χ3v) is 10.5. The minimum atomic E-state index is -4.32. The number of ether oxygens (including phenoxy) is 1. The van der Waals surface area contributed by atoms with Crippen LogP contribution in [0.4, 0.5) is 11.4 Å². The second-order valence-electron chi connectivity index (χ2n) is 13.6. The number of nitrogens with zero attached hydrogens (tertiary/aromatic N) is 2. The summed E-state index contributed by atoms with van der Waals surface area (Å²) >= 11 is 0. The first-order valence-electron chi connectivity index (χ1n) is 15.4. The Morgan fingerprint density at radius 2 is 1.66 bits per heavy atom. The van der Waals surface area contributed by atoms with Crippen molar-refractivity contribution in [3.05, 3.63) is 71.0 Å². The molecule has 47 heavy (non-hydrogen) atoms.